The van der Waals surface area contributed by atoms with Crippen molar-refractivity contribution in [2.24, 2.45) is 0 Å². The van der Waals surface area contributed by atoms with E-state index in [-0.39, 0.29) is 0 Å². The van der Waals surface area contributed by atoms with Gasteiger partial charge in [0.1, 0.15) is 11.2 Å². The summed E-state index contributed by atoms with van der Waals surface area (Å²) in [7, 11) is 0. The lowest BCUT2D eigenvalue weighted by Gasteiger charge is -2.12. The van der Waals surface area contributed by atoms with E-state index >= 15 is 0 Å². The molecule has 0 fully saturated rings. The number of fused-ring (bicyclic) bond motifs is 6. The number of nitrogens with zero attached hydrogens (tertiary/aromatic N) is 2. The average Bonchev–Trinajstić information content (AvgIpc) is 3.77. The van der Waals surface area contributed by atoms with E-state index in [1.54, 1.807) is 0 Å². The van der Waals surface area contributed by atoms with Crippen LogP contribution in [0.3, 0.4) is 0 Å². The number of hydrogen-bond donors (Lipinski definition) is 0. The second-order valence-electron chi connectivity index (χ2n) is 12.5. The van der Waals surface area contributed by atoms with Gasteiger partial charge in [0.25, 0.3) is 0 Å². The molecular formula is C46H28N2OS. The minimum absolute atomic E-state index is 0.675. The van der Waals surface area contributed by atoms with Crippen LogP contribution in [-0.4, -0.2) is 9.97 Å². The minimum atomic E-state index is 0.675. The fraction of sp³-hybridized carbons (Fsp3) is 0. The summed E-state index contributed by atoms with van der Waals surface area (Å²) >= 11 is 1.84. The Kier molecular flexibility index (Phi) is 6.68. The summed E-state index contributed by atoms with van der Waals surface area (Å²) in [4.78, 5) is 10.3. The van der Waals surface area contributed by atoms with Crippen LogP contribution >= 0.6 is 11.3 Å². The highest BCUT2D eigenvalue weighted by Gasteiger charge is 2.20. The molecule has 0 radical (unpaired) electrons. The summed E-state index contributed by atoms with van der Waals surface area (Å²) in [5.41, 5.74) is 10.9. The predicted octanol–water partition coefficient (Wildman–Crippen LogP) is 13.1. The zero-order chi connectivity index (χ0) is 33.0. The molecule has 50 heavy (non-hydrogen) atoms. The summed E-state index contributed by atoms with van der Waals surface area (Å²) in [5, 5.41) is 4.77. The van der Waals surface area contributed by atoms with Crippen molar-refractivity contribution in [3.63, 3.8) is 0 Å². The molecule has 0 aliphatic carbocycles. The maximum absolute atomic E-state index is 6.73. The molecule has 0 amide bonds. The van der Waals surface area contributed by atoms with Crippen LogP contribution in [0.15, 0.2) is 174 Å². The summed E-state index contributed by atoms with van der Waals surface area (Å²) in [6, 6.07) is 59.5. The fourth-order valence-electron chi connectivity index (χ4n) is 7.08. The normalized spacial score (nSPS) is 11.6. The van der Waals surface area contributed by atoms with Gasteiger partial charge in [0, 0.05) is 47.6 Å². The van der Waals surface area contributed by atoms with Crippen LogP contribution in [0.25, 0.3) is 98.3 Å². The molecule has 0 atom stereocenters. The van der Waals surface area contributed by atoms with E-state index < -0.39 is 0 Å². The molecule has 0 saturated heterocycles. The van der Waals surface area contributed by atoms with Crippen molar-refractivity contribution in [1.29, 1.82) is 0 Å². The van der Waals surface area contributed by atoms with Gasteiger partial charge in [-0.3, -0.25) is 0 Å². The van der Waals surface area contributed by atoms with Gasteiger partial charge in [-0.05, 0) is 52.6 Å². The molecule has 0 unspecified atom stereocenters. The lowest BCUT2D eigenvalue weighted by Crippen LogP contribution is -1.96. The smallest absolute Gasteiger partial charge is 0.160 e. The molecule has 7 aromatic carbocycles. The zero-order valence-electron chi connectivity index (χ0n) is 26.9. The van der Waals surface area contributed by atoms with E-state index in [0.29, 0.717) is 5.82 Å². The lowest BCUT2D eigenvalue weighted by atomic mass is 9.95. The van der Waals surface area contributed by atoms with Gasteiger partial charge in [-0.2, -0.15) is 0 Å². The van der Waals surface area contributed by atoms with Gasteiger partial charge in [-0.25, -0.2) is 9.97 Å². The Morgan fingerprint density at radius 2 is 1.00 bits per heavy atom. The first-order valence-electron chi connectivity index (χ1n) is 16.7. The zero-order valence-corrected chi connectivity index (χ0v) is 27.7. The van der Waals surface area contributed by atoms with Gasteiger partial charge in [0.2, 0.25) is 0 Å². The first kappa shape index (κ1) is 28.6. The molecular weight excluding hydrogens is 629 g/mol. The number of furan rings is 1. The molecule has 4 heteroatoms. The molecule has 0 N–H and O–H groups in total. The van der Waals surface area contributed by atoms with Gasteiger partial charge in [-0.1, -0.05) is 140 Å². The van der Waals surface area contributed by atoms with Crippen LogP contribution in [0.1, 0.15) is 0 Å². The predicted molar refractivity (Wildman–Crippen MR) is 209 cm³/mol. The van der Waals surface area contributed by atoms with Crippen molar-refractivity contribution in [1.82, 2.24) is 9.97 Å². The molecule has 0 spiro atoms. The maximum atomic E-state index is 6.73. The number of para-hydroxylation sites is 1. The molecule has 3 heterocycles. The van der Waals surface area contributed by atoms with Crippen LogP contribution in [0, 0.1) is 0 Å². The number of hydrogen-bond acceptors (Lipinski definition) is 4. The Hall–Kier alpha value is -6.36. The number of thiophene rings is 1. The second-order valence-corrected chi connectivity index (χ2v) is 13.6. The molecule has 0 saturated carbocycles. The monoisotopic (exact) mass is 656 g/mol. The van der Waals surface area contributed by atoms with E-state index in [9.17, 15) is 0 Å². The van der Waals surface area contributed by atoms with Gasteiger partial charge in [0.15, 0.2) is 5.82 Å². The Balaban J connectivity index is 1.17. The van der Waals surface area contributed by atoms with Gasteiger partial charge >= 0.3 is 0 Å². The van der Waals surface area contributed by atoms with Crippen molar-refractivity contribution in [3.05, 3.63) is 170 Å². The standard InChI is InChI=1S/C46H28N2OS/c1-3-11-29(12-4-1)30-19-21-31(22-20-30)39-28-40(48-46(47-39)32-13-5-2-6-14-32)37-26-25-34(44-38-16-7-9-17-41(38)49-45(37)44)33-23-24-36-35-15-8-10-18-42(35)50-43(36)27-33/h1-28H. The van der Waals surface area contributed by atoms with Crippen molar-refractivity contribution in [3.8, 4) is 56.2 Å². The highest BCUT2D eigenvalue weighted by Crippen LogP contribution is 2.44. The van der Waals surface area contributed by atoms with E-state index in [4.69, 9.17) is 14.4 Å². The van der Waals surface area contributed by atoms with E-state index in [2.05, 4.69) is 133 Å². The van der Waals surface area contributed by atoms with Crippen LogP contribution in [0.5, 0.6) is 0 Å². The summed E-state index contributed by atoms with van der Waals surface area (Å²) in [6.07, 6.45) is 0. The van der Waals surface area contributed by atoms with Crippen molar-refractivity contribution in [2.75, 3.05) is 0 Å². The highest BCUT2D eigenvalue weighted by molar-refractivity contribution is 7.25. The third-order valence-electron chi connectivity index (χ3n) is 9.54. The summed E-state index contributed by atoms with van der Waals surface area (Å²) in [5.74, 6) is 0.675. The van der Waals surface area contributed by atoms with Crippen molar-refractivity contribution >= 4 is 53.4 Å². The molecule has 3 nitrogen and oxygen atoms in total. The molecule has 10 rings (SSSR count). The Labute approximate surface area is 292 Å². The summed E-state index contributed by atoms with van der Waals surface area (Å²) in [6.45, 7) is 0. The molecule has 3 aromatic heterocycles. The third kappa shape index (κ3) is 4.80. The number of benzene rings is 7. The number of rotatable bonds is 5. The van der Waals surface area contributed by atoms with Gasteiger partial charge in [-0.15, -0.1) is 11.3 Å². The first-order valence-corrected chi connectivity index (χ1v) is 17.6. The van der Waals surface area contributed by atoms with Crippen LogP contribution in [0.4, 0.5) is 0 Å². The van der Waals surface area contributed by atoms with E-state index in [1.807, 2.05) is 47.7 Å². The molecule has 10 aromatic rings. The quantitative estimate of drug-likeness (QED) is 0.185. The number of aromatic nitrogens is 2. The Morgan fingerprint density at radius 3 is 1.82 bits per heavy atom. The third-order valence-corrected chi connectivity index (χ3v) is 10.7. The largest absolute Gasteiger partial charge is 0.455 e. The fourth-order valence-corrected chi connectivity index (χ4v) is 8.22. The topological polar surface area (TPSA) is 38.9 Å². The van der Waals surface area contributed by atoms with E-state index in [0.717, 1.165) is 55.6 Å². The highest BCUT2D eigenvalue weighted by atomic mass is 32.1. The van der Waals surface area contributed by atoms with Crippen molar-refractivity contribution in [2.45, 2.75) is 0 Å². The van der Waals surface area contributed by atoms with E-state index in [1.165, 1.54) is 36.9 Å². The second kappa shape index (κ2) is 11.7. The minimum Gasteiger partial charge on any atom is -0.455 e. The molecule has 0 aliphatic heterocycles. The van der Waals surface area contributed by atoms with Gasteiger partial charge in [0.05, 0.1) is 11.4 Å². The lowest BCUT2D eigenvalue weighted by molar-refractivity contribution is 0.670. The average molecular weight is 657 g/mol. The SMILES string of the molecule is c1ccc(-c2ccc(-c3cc(-c4ccc(-c5ccc6c(c5)sc5ccccc56)c5c4oc4ccccc45)nc(-c4ccccc4)n3)cc2)cc1. The van der Waals surface area contributed by atoms with Crippen LogP contribution in [-0.2, 0) is 0 Å². The Bertz CT molecular complexity index is 2850. The Morgan fingerprint density at radius 1 is 0.400 bits per heavy atom. The van der Waals surface area contributed by atoms with Crippen LogP contribution < -0.4 is 0 Å². The van der Waals surface area contributed by atoms with Gasteiger partial charge < -0.3 is 4.42 Å². The van der Waals surface area contributed by atoms with Crippen molar-refractivity contribution < 1.29 is 4.42 Å². The maximum Gasteiger partial charge on any atom is 0.160 e. The molecule has 0 aliphatic rings. The first-order chi connectivity index (χ1) is 24.8. The summed E-state index contributed by atoms with van der Waals surface area (Å²) < 4.78 is 9.31. The molecule has 234 valence electrons. The molecule has 0 bridgehead atoms. The van der Waals surface area contributed by atoms with Crippen LogP contribution in [0.2, 0.25) is 0 Å².